The van der Waals surface area contributed by atoms with Crippen LogP contribution in [0, 0.1) is 6.07 Å². The summed E-state index contributed by atoms with van der Waals surface area (Å²) in [5.41, 5.74) is 0.511. The Hall–Kier alpha value is -2.29. The van der Waals surface area contributed by atoms with Gasteiger partial charge in [0.05, 0.1) is 12.2 Å². The van der Waals surface area contributed by atoms with E-state index >= 15 is 0 Å². The highest BCUT2D eigenvalue weighted by atomic mass is 16.5. The minimum Gasteiger partial charge on any atom is -0.494 e. The van der Waals surface area contributed by atoms with Gasteiger partial charge in [0.2, 0.25) is 0 Å². The zero-order chi connectivity index (χ0) is 18.5. The third-order valence-electron chi connectivity index (χ3n) is 4.25. The molecule has 1 radical (unpaired) electrons. The molecule has 0 unspecified atom stereocenters. The van der Waals surface area contributed by atoms with Crippen molar-refractivity contribution in [2.24, 2.45) is 0 Å². The predicted molar refractivity (Wildman–Crippen MR) is 105 cm³/mol. The molecule has 0 atom stereocenters. The molecule has 0 fully saturated rings. The number of rotatable bonds is 12. The predicted octanol–water partition coefficient (Wildman–Crippen LogP) is 6.23. The molecular weight excluding hydrogens is 324 g/mol. The summed E-state index contributed by atoms with van der Waals surface area (Å²) in [6, 6.07) is 16.8. The first kappa shape index (κ1) is 20.0. The van der Waals surface area contributed by atoms with E-state index < -0.39 is 0 Å². The van der Waals surface area contributed by atoms with E-state index in [-0.39, 0.29) is 5.97 Å². The Labute approximate surface area is 157 Å². The van der Waals surface area contributed by atoms with Crippen molar-refractivity contribution in [3.05, 3.63) is 60.2 Å². The highest BCUT2D eigenvalue weighted by Gasteiger charge is 2.08. The molecule has 2 aromatic rings. The highest BCUT2D eigenvalue weighted by Crippen LogP contribution is 2.16. The van der Waals surface area contributed by atoms with E-state index in [4.69, 9.17) is 9.47 Å². The number of hydrogen-bond donors (Lipinski definition) is 0. The Morgan fingerprint density at radius 2 is 1.42 bits per heavy atom. The minimum atomic E-state index is -0.370. The summed E-state index contributed by atoms with van der Waals surface area (Å²) in [7, 11) is 0. The summed E-state index contributed by atoms with van der Waals surface area (Å²) in [5.74, 6) is 0.938. The Kier molecular flexibility index (Phi) is 9.34. The van der Waals surface area contributed by atoms with E-state index in [2.05, 4.69) is 13.0 Å². The van der Waals surface area contributed by atoms with Crippen LogP contribution >= 0.6 is 0 Å². The van der Waals surface area contributed by atoms with Gasteiger partial charge in [0.15, 0.2) is 0 Å². The molecule has 0 spiro atoms. The van der Waals surface area contributed by atoms with Gasteiger partial charge in [-0.2, -0.15) is 0 Å². The van der Waals surface area contributed by atoms with E-state index in [0.29, 0.717) is 11.3 Å². The number of ether oxygens (including phenoxy) is 2. The van der Waals surface area contributed by atoms with E-state index in [1.54, 1.807) is 36.4 Å². The van der Waals surface area contributed by atoms with Gasteiger partial charge in [-0.3, -0.25) is 0 Å². The molecular formula is C23H29O3. The first-order chi connectivity index (χ1) is 12.8. The molecule has 0 amide bonds. The molecule has 0 aliphatic heterocycles. The van der Waals surface area contributed by atoms with E-state index in [9.17, 15) is 4.79 Å². The van der Waals surface area contributed by atoms with Gasteiger partial charge in [-0.15, -0.1) is 0 Å². The van der Waals surface area contributed by atoms with Crippen molar-refractivity contribution in [1.29, 1.82) is 0 Å². The fraction of sp³-hybridized carbons (Fsp3) is 0.435. The summed E-state index contributed by atoms with van der Waals surface area (Å²) in [6.45, 7) is 2.97. The van der Waals surface area contributed by atoms with Gasteiger partial charge in [-0.1, -0.05) is 64.0 Å². The van der Waals surface area contributed by atoms with Crippen LogP contribution in [0.5, 0.6) is 11.5 Å². The summed E-state index contributed by atoms with van der Waals surface area (Å²) >= 11 is 0. The van der Waals surface area contributed by atoms with Gasteiger partial charge in [0, 0.05) is 0 Å². The van der Waals surface area contributed by atoms with Crippen LogP contribution in [0.4, 0.5) is 0 Å². The van der Waals surface area contributed by atoms with Gasteiger partial charge in [0.1, 0.15) is 11.5 Å². The summed E-state index contributed by atoms with van der Waals surface area (Å²) in [5, 5.41) is 0. The monoisotopic (exact) mass is 353 g/mol. The van der Waals surface area contributed by atoms with Crippen LogP contribution in [-0.2, 0) is 0 Å². The van der Waals surface area contributed by atoms with Crippen molar-refractivity contribution >= 4 is 5.97 Å². The van der Waals surface area contributed by atoms with Crippen LogP contribution in [-0.4, -0.2) is 12.6 Å². The lowest BCUT2D eigenvalue weighted by Gasteiger charge is -2.08. The Bertz CT molecular complexity index is 620. The lowest BCUT2D eigenvalue weighted by atomic mass is 10.1. The lowest BCUT2D eigenvalue weighted by Crippen LogP contribution is -2.08. The second-order valence-electron chi connectivity index (χ2n) is 6.47. The Morgan fingerprint density at radius 3 is 2.08 bits per heavy atom. The molecule has 3 heteroatoms. The van der Waals surface area contributed by atoms with Crippen LogP contribution in [0.3, 0.4) is 0 Å². The smallest absolute Gasteiger partial charge is 0.343 e. The fourth-order valence-corrected chi connectivity index (χ4v) is 2.72. The van der Waals surface area contributed by atoms with Crippen molar-refractivity contribution in [1.82, 2.24) is 0 Å². The minimum absolute atomic E-state index is 0.370. The second kappa shape index (κ2) is 12.1. The number of esters is 1. The number of carbonyl (C=O) groups excluding carboxylic acids is 1. The molecule has 0 saturated carbocycles. The number of benzene rings is 2. The van der Waals surface area contributed by atoms with Crippen molar-refractivity contribution in [3.8, 4) is 11.5 Å². The molecule has 3 nitrogen and oxygen atoms in total. The summed E-state index contributed by atoms with van der Waals surface area (Å²) in [6.07, 6.45) is 10.3. The molecule has 26 heavy (non-hydrogen) atoms. The van der Waals surface area contributed by atoms with Gasteiger partial charge in [-0.05, 0) is 48.9 Å². The first-order valence-electron chi connectivity index (χ1n) is 9.71. The molecule has 0 heterocycles. The molecule has 139 valence electrons. The average Bonchev–Trinajstić information content (AvgIpc) is 2.68. The van der Waals surface area contributed by atoms with Gasteiger partial charge in [-0.25, -0.2) is 4.79 Å². The fourth-order valence-electron chi connectivity index (χ4n) is 2.72. The molecule has 0 saturated heterocycles. The zero-order valence-corrected chi connectivity index (χ0v) is 15.7. The molecule has 2 rings (SSSR count). The van der Waals surface area contributed by atoms with Crippen molar-refractivity contribution in [2.75, 3.05) is 6.61 Å². The van der Waals surface area contributed by atoms with Gasteiger partial charge in [0.25, 0.3) is 0 Å². The van der Waals surface area contributed by atoms with Gasteiger partial charge < -0.3 is 9.47 Å². The topological polar surface area (TPSA) is 35.5 Å². The maximum Gasteiger partial charge on any atom is 0.343 e. The number of unbranched alkanes of at least 4 members (excludes halogenated alkanes) is 7. The second-order valence-corrected chi connectivity index (χ2v) is 6.47. The van der Waals surface area contributed by atoms with Crippen LogP contribution in [0.25, 0.3) is 0 Å². The average molecular weight is 353 g/mol. The third kappa shape index (κ3) is 7.73. The SMILES string of the molecule is CCCCCCCCCCOc1ccc(C(=O)Oc2cc[c]cc2)cc1. The Morgan fingerprint density at radius 1 is 0.808 bits per heavy atom. The van der Waals surface area contributed by atoms with Crippen LogP contribution in [0.2, 0.25) is 0 Å². The standard InChI is InChI=1S/C23H29O3/c1-2-3-4-5-6-7-8-12-19-25-21-17-15-20(16-18-21)23(24)26-22-13-10-9-11-14-22/h10-11,13-18H,2-8,12,19H2,1H3. The molecule has 0 aliphatic carbocycles. The largest absolute Gasteiger partial charge is 0.494 e. The number of carbonyl (C=O) groups is 1. The maximum absolute atomic E-state index is 12.1. The first-order valence-corrected chi connectivity index (χ1v) is 9.71. The molecule has 2 aromatic carbocycles. The van der Waals surface area contributed by atoms with E-state index in [1.165, 1.54) is 44.9 Å². The van der Waals surface area contributed by atoms with Crippen LogP contribution < -0.4 is 9.47 Å². The lowest BCUT2D eigenvalue weighted by molar-refractivity contribution is 0.0734. The van der Waals surface area contributed by atoms with Crippen molar-refractivity contribution < 1.29 is 14.3 Å². The summed E-state index contributed by atoms with van der Waals surface area (Å²) in [4.78, 5) is 12.1. The normalized spacial score (nSPS) is 10.5. The highest BCUT2D eigenvalue weighted by molar-refractivity contribution is 5.91. The number of hydrogen-bond acceptors (Lipinski definition) is 3. The van der Waals surface area contributed by atoms with Gasteiger partial charge >= 0.3 is 5.97 Å². The Balaban J connectivity index is 1.62. The zero-order valence-electron chi connectivity index (χ0n) is 15.7. The van der Waals surface area contributed by atoms with Crippen molar-refractivity contribution in [2.45, 2.75) is 58.3 Å². The summed E-state index contributed by atoms with van der Waals surface area (Å²) < 4.78 is 11.0. The molecule has 0 aromatic heterocycles. The van der Waals surface area contributed by atoms with Crippen molar-refractivity contribution in [3.63, 3.8) is 0 Å². The van der Waals surface area contributed by atoms with Crippen LogP contribution in [0.1, 0.15) is 68.6 Å². The van der Waals surface area contributed by atoms with E-state index in [0.717, 1.165) is 18.8 Å². The van der Waals surface area contributed by atoms with E-state index in [1.807, 2.05) is 12.1 Å². The third-order valence-corrected chi connectivity index (χ3v) is 4.25. The quantitative estimate of drug-likeness (QED) is 0.258. The maximum atomic E-state index is 12.1. The molecule has 0 aliphatic rings. The van der Waals surface area contributed by atoms with Crippen LogP contribution in [0.15, 0.2) is 48.5 Å². The molecule has 0 bridgehead atoms. The molecule has 0 N–H and O–H groups in total.